The summed E-state index contributed by atoms with van der Waals surface area (Å²) in [5.41, 5.74) is 11.7. The Morgan fingerprint density at radius 3 is 2.64 bits per heavy atom. The Balaban J connectivity index is 1.83. The second-order valence-corrected chi connectivity index (χ2v) is 8.71. The molecule has 172 valence electrons. The molecule has 0 aliphatic carbocycles. The lowest BCUT2D eigenvalue weighted by Crippen LogP contribution is -2.45. The van der Waals surface area contributed by atoms with Crippen LogP contribution in [0.2, 0.25) is 0 Å². The van der Waals surface area contributed by atoms with Crippen LogP contribution in [0.1, 0.15) is 55.1 Å². The Hall–Kier alpha value is -4.00. The molecular weight excluding hydrogens is 429 g/mol. The maximum absolute atomic E-state index is 14.5. The molecule has 2 amide bonds. The number of amides is 2. The van der Waals surface area contributed by atoms with Crippen LogP contribution in [-0.4, -0.2) is 39.3 Å². The molecule has 9 nitrogen and oxygen atoms in total. The van der Waals surface area contributed by atoms with Crippen LogP contribution >= 0.6 is 0 Å². The zero-order chi connectivity index (χ0) is 24.5. The molecule has 1 aliphatic heterocycles. The van der Waals surface area contributed by atoms with Crippen molar-refractivity contribution in [2.45, 2.75) is 51.8 Å². The number of halogens is 1. The lowest BCUT2D eigenvalue weighted by Gasteiger charge is -2.25. The Morgan fingerprint density at radius 2 is 2.03 bits per heavy atom. The van der Waals surface area contributed by atoms with Crippen molar-refractivity contribution in [1.29, 1.82) is 5.26 Å². The fraction of sp³-hybridized carbons (Fsp3) is 0.348. The highest BCUT2D eigenvalue weighted by molar-refractivity contribution is 6.01. The van der Waals surface area contributed by atoms with Crippen LogP contribution in [0, 0.1) is 17.1 Å². The van der Waals surface area contributed by atoms with Gasteiger partial charge in [0, 0.05) is 24.1 Å². The van der Waals surface area contributed by atoms with Gasteiger partial charge in [-0.2, -0.15) is 5.26 Å². The average molecular weight is 453 g/mol. The number of ether oxygens (including phenoxy) is 1. The topological polar surface area (TPSA) is 152 Å². The van der Waals surface area contributed by atoms with Crippen LogP contribution < -0.4 is 11.5 Å². The van der Waals surface area contributed by atoms with Crippen LogP contribution in [-0.2, 0) is 20.9 Å². The first-order valence-electron chi connectivity index (χ1n) is 10.2. The van der Waals surface area contributed by atoms with Gasteiger partial charge < -0.3 is 21.1 Å². The van der Waals surface area contributed by atoms with Gasteiger partial charge in [-0.25, -0.2) is 9.37 Å². The first-order chi connectivity index (χ1) is 15.4. The number of primary amides is 1. The summed E-state index contributed by atoms with van der Waals surface area (Å²) in [6, 6.07) is 6.36. The smallest absolute Gasteiger partial charge is 0.306 e. The van der Waals surface area contributed by atoms with E-state index in [1.807, 2.05) is 0 Å². The minimum Gasteiger partial charge on any atom is -0.460 e. The fourth-order valence-corrected chi connectivity index (χ4v) is 3.64. The molecule has 1 aromatic heterocycles. The van der Waals surface area contributed by atoms with Crippen LogP contribution in [0.3, 0.4) is 0 Å². The fourth-order valence-electron chi connectivity index (χ4n) is 3.64. The summed E-state index contributed by atoms with van der Waals surface area (Å²) in [6.45, 7) is 5.24. The van der Waals surface area contributed by atoms with Crippen molar-refractivity contribution in [1.82, 2.24) is 9.88 Å². The van der Waals surface area contributed by atoms with E-state index in [9.17, 15) is 18.8 Å². The number of hydrogen-bond donors (Lipinski definition) is 2. The second kappa shape index (κ2) is 8.86. The van der Waals surface area contributed by atoms with Gasteiger partial charge in [0.2, 0.25) is 5.91 Å². The first-order valence-corrected chi connectivity index (χ1v) is 10.2. The maximum Gasteiger partial charge on any atom is 0.306 e. The number of nitriles is 1. The second-order valence-electron chi connectivity index (χ2n) is 8.71. The molecule has 0 fully saturated rings. The molecule has 0 bridgehead atoms. The number of anilines is 1. The van der Waals surface area contributed by atoms with Crippen LogP contribution in [0.5, 0.6) is 0 Å². The van der Waals surface area contributed by atoms with Gasteiger partial charge in [0.05, 0.1) is 5.56 Å². The highest BCUT2D eigenvalue weighted by atomic mass is 19.1. The quantitative estimate of drug-likeness (QED) is 0.636. The SMILES string of the molecule is CC(C)(C)OC(=O)CCC(C(N)=O)N1Cc2cc(-c3nc(N)c(C#N)cc3F)ccc2C1=O. The summed E-state index contributed by atoms with van der Waals surface area (Å²) < 4.78 is 19.7. The number of nitrogen functional groups attached to an aromatic ring is 1. The maximum atomic E-state index is 14.5. The highest BCUT2D eigenvalue weighted by Crippen LogP contribution is 2.31. The Bertz CT molecular complexity index is 1180. The normalized spacial score (nSPS) is 13.9. The predicted molar refractivity (Wildman–Crippen MR) is 117 cm³/mol. The predicted octanol–water partition coefficient (Wildman–Crippen LogP) is 2.27. The minimum atomic E-state index is -1.01. The summed E-state index contributed by atoms with van der Waals surface area (Å²) in [7, 11) is 0. The van der Waals surface area contributed by atoms with Gasteiger partial charge in [0.15, 0.2) is 5.82 Å². The number of fused-ring (bicyclic) bond motifs is 1. The van der Waals surface area contributed by atoms with Crippen molar-refractivity contribution in [3.8, 4) is 17.3 Å². The lowest BCUT2D eigenvalue weighted by molar-refractivity contribution is -0.155. The molecule has 2 heterocycles. The minimum absolute atomic E-state index is 0.0131. The summed E-state index contributed by atoms with van der Waals surface area (Å²) in [6.07, 6.45) is -0.0743. The van der Waals surface area contributed by atoms with E-state index in [4.69, 9.17) is 21.5 Å². The number of pyridine rings is 1. The third kappa shape index (κ3) is 5.09. The van der Waals surface area contributed by atoms with Gasteiger partial charge in [-0.15, -0.1) is 0 Å². The lowest BCUT2D eigenvalue weighted by atomic mass is 10.0. The van der Waals surface area contributed by atoms with Gasteiger partial charge in [-0.1, -0.05) is 6.07 Å². The van der Waals surface area contributed by atoms with E-state index in [1.54, 1.807) is 32.9 Å². The molecule has 10 heteroatoms. The molecule has 0 saturated carbocycles. The number of rotatable bonds is 6. The summed E-state index contributed by atoms with van der Waals surface area (Å²) >= 11 is 0. The molecule has 0 saturated heterocycles. The third-order valence-corrected chi connectivity index (χ3v) is 5.08. The van der Waals surface area contributed by atoms with Gasteiger partial charge in [0.1, 0.15) is 29.2 Å². The largest absolute Gasteiger partial charge is 0.460 e. The number of hydrogen-bond acceptors (Lipinski definition) is 7. The van der Waals surface area contributed by atoms with E-state index in [1.165, 1.54) is 17.0 Å². The Kier molecular flexibility index (Phi) is 6.35. The van der Waals surface area contributed by atoms with E-state index in [0.29, 0.717) is 16.7 Å². The van der Waals surface area contributed by atoms with Crippen molar-refractivity contribution < 1.29 is 23.5 Å². The van der Waals surface area contributed by atoms with E-state index in [-0.39, 0.29) is 36.5 Å². The van der Waals surface area contributed by atoms with Gasteiger partial charge in [-0.3, -0.25) is 14.4 Å². The van der Waals surface area contributed by atoms with E-state index in [0.717, 1.165) is 6.07 Å². The zero-order valence-electron chi connectivity index (χ0n) is 18.5. The summed E-state index contributed by atoms with van der Waals surface area (Å²) in [4.78, 5) is 42.3. The van der Waals surface area contributed by atoms with Crippen molar-refractivity contribution in [3.05, 3.63) is 46.8 Å². The number of aromatic nitrogens is 1. The van der Waals surface area contributed by atoms with Gasteiger partial charge in [-0.05, 0) is 51.0 Å². The van der Waals surface area contributed by atoms with Crippen LogP contribution in [0.25, 0.3) is 11.3 Å². The monoisotopic (exact) mass is 453 g/mol. The molecule has 4 N–H and O–H groups in total. The van der Waals surface area contributed by atoms with E-state index >= 15 is 0 Å². The number of nitrogens with zero attached hydrogens (tertiary/aromatic N) is 3. The van der Waals surface area contributed by atoms with Gasteiger partial charge in [0.25, 0.3) is 5.91 Å². The van der Waals surface area contributed by atoms with Crippen LogP contribution in [0.15, 0.2) is 24.3 Å². The molecule has 3 rings (SSSR count). The molecule has 0 radical (unpaired) electrons. The van der Waals surface area contributed by atoms with Crippen molar-refractivity contribution in [2.24, 2.45) is 5.73 Å². The van der Waals surface area contributed by atoms with Crippen molar-refractivity contribution >= 4 is 23.6 Å². The molecule has 1 unspecified atom stereocenters. The Morgan fingerprint density at radius 1 is 1.33 bits per heavy atom. The number of esters is 1. The molecule has 2 aromatic rings. The van der Waals surface area contributed by atoms with Crippen molar-refractivity contribution in [3.63, 3.8) is 0 Å². The molecule has 33 heavy (non-hydrogen) atoms. The standard InChI is InChI=1S/C23H24FN5O4/c1-23(2,3)33-18(30)7-6-17(21(27)31)29-11-14-8-12(4-5-15(14)22(29)32)19-16(24)9-13(10-25)20(26)28-19/h4-5,8-9,17H,6-7,11H2,1-3H3,(H2,26,28)(H2,27,31). The van der Waals surface area contributed by atoms with Crippen LogP contribution in [0.4, 0.5) is 10.2 Å². The number of nitrogens with two attached hydrogens (primary N) is 2. The van der Waals surface area contributed by atoms with E-state index in [2.05, 4.69) is 4.98 Å². The van der Waals surface area contributed by atoms with Crippen molar-refractivity contribution in [2.75, 3.05) is 5.73 Å². The molecule has 1 atom stereocenters. The molecule has 1 aromatic carbocycles. The number of carbonyl (C=O) groups excluding carboxylic acids is 3. The number of carbonyl (C=O) groups is 3. The highest BCUT2D eigenvalue weighted by Gasteiger charge is 2.36. The van der Waals surface area contributed by atoms with E-state index < -0.39 is 35.2 Å². The summed E-state index contributed by atoms with van der Waals surface area (Å²) in [5.74, 6) is -2.50. The summed E-state index contributed by atoms with van der Waals surface area (Å²) in [5, 5.41) is 8.97. The number of benzene rings is 1. The average Bonchev–Trinajstić information content (AvgIpc) is 3.03. The zero-order valence-corrected chi connectivity index (χ0v) is 18.5. The molecule has 0 spiro atoms. The first kappa shape index (κ1) is 23.7. The molecular formula is C23H24FN5O4. The Labute approximate surface area is 190 Å². The molecule has 1 aliphatic rings. The third-order valence-electron chi connectivity index (χ3n) is 5.08. The van der Waals surface area contributed by atoms with Gasteiger partial charge >= 0.3 is 5.97 Å².